The minimum Gasteiger partial charge on any atom is -0.459 e. The molecule has 4 rings (SSSR count). The lowest BCUT2D eigenvalue weighted by molar-refractivity contribution is -0.153. The van der Waals surface area contributed by atoms with Crippen LogP contribution < -0.4 is 15.5 Å². The van der Waals surface area contributed by atoms with Crippen LogP contribution in [0.25, 0.3) is 0 Å². The molecule has 3 aromatic carbocycles. The Morgan fingerprint density at radius 3 is 2.19 bits per heavy atom. The lowest BCUT2D eigenvalue weighted by Crippen LogP contribution is -2.55. The molecule has 0 unspecified atom stereocenters. The number of hydrogen-bond acceptors (Lipinski definition) is 6. The number of carbonyl (C=O) groups is 4. The van der Waals surface area contributed by atoms with Crippen LogP contribution in [-0.4, -0.2) is 48.1 Å². The molecule has 0 saturated heterocycles. The van der Waals surface area contributed by atoms with Gasteiger partial charge in [-0.25, -0.2) is 4.79 Å². The first-order valence-corrected chi connectivity index (χ1v) is 14.0. The minimum absolute atomic E-state index is 0.0470. The van der Waals surface area contributed by atoms with E-state index >= 15 is 0 Å². The van der Waals surface area contributed by atoms with Crippen LogP contribution in [-0.2, 0) is 43.3 Å². The monoisotopic (exact) mass is 571 g/mol. The fourth-order valence-electron chi connectivity index (χ4n) is 4.75. The highest BCUT2D eigenvalue weighted by Gasteiger charge is 2.35. The summed E-state index contributed by atoms with van der Waals surface area (Å²) in [5.41, 5.74) is 2.41. The van der Waals surface area contributed by atoms with Crippen molar-refractivity contribution in [1.82, 2.24) is 10.6 Å². The average Bonchev–Trinajstić information content (AvgIpc) is 3.08. The normalized spacial score (nSPS) is 15.5. The number of ether oxygens (including phenoxy) is 2. The predicted octanol–water partition coefficient (Wildman–Crippen LogP) is 4.33. The number of alkyl carbamates (subject to hydrolysis) is 1. The number of nitrogens with zero attached hydrogens (tertiary/aromatic N) is 1. The molecule has 9 heteroatoms. The van der Waals surface area contributed by atoms with Crippen molar-refractivity contribution in [3.8, 4) is 0 Å². The molecule has 2 N–H and O–H groups in total. The molecule has 3 aromatic rings. The molecule has 2 atom stereocenters. The van der Waals surface area contributed by atoms with E-state index in [9.17, 15) is 19.2 Å². The van der Waals surface area contributed by atoms with E-state index in [1.165, 1.54) is 4.90 Å². The molecular formula is C33H37N3O6. The Bertz CT molecular complexity index is 1390. The third-order valence-corrected chi connectivity index (χ3v) is 6.68. The molecule has 220 valence electrons. The van der Waals surface area contributed by atoms with Crippen LogP contribution in [0.5, 0.6) is 0 Å². The van der Waals surface area contributed by atoms with Gasteiger partial charge in [0, 0.05) is 12.1 Å². The fourth-order valence-corrected chi connectivity index (χ4v) is 4.75. The first-order valence-electron chi connectivity index (χ1n) is 14.0. The van der Waals surface area contributed by atoms with Crippen molar-refractivity contribution in [3.63, 3.8) is 0 Å². The third-order valence-electron chi connectivity index (χ3n) is 6.68. The zero-order chi connectivity index (χ0) is 30.1. The molecule has 0 saturated carbocycles. The van der Waals surface area contributed by atoms with Crippen molar-refractivity contribution in [1.29, 1.82) is 0 Å². The van der Waals surface area contributed by atoms with Crippen LogP contribution in [0.15, 0.2) is 84.9 Å². The SMILES string of the molecule is CC(C)(C)OC(=O)CN1C(=O)[C@@H](NC(=O)[C@H](Cc2ccccc2)NC(=O)OCc2ccccc2)CCc2ccccc21. The first kappa shape index (κ1) is 30.3. The number of para-hydroxylation sites is 1. The molecule has 9 nitrogen and oxygen atoms in total. The van der Waals surface area contributed by atoms with E-state index in [-0.39, 0.29) is 19.6 Å². The fraction of sp³-hybridized carbons (Fsp3) is 0.333. The summed E-state index contributed by atoms with van der Waals surface area (Å²) < 4.78 is 10.8. The molecule has 1 aliphatic rings. The van der Waals surface area contributed by atoms with Crippen molar-refractivity contribution in [3.05, 3.63) is 102 Å². The van der Waals surface area contributed by atoms with E-state index in [0.717, 1.165) is 16.7 Å². The molecule has 0 radical (unpaired) electrons. The lowest BCUT2D eigenvalue weighted by Gasteiger charge is -2.28. The van der Waals surface area contributed by atoms with Gasteiger partial charge in [-0.1, -0.05) is 78.9 Å². The number of hydrogen-bond donors (Lipinski definition) is 2. The number of carbonyl (C=O) groups excluding carboxylic acids is 4. The van der Waals surface area contributed by atoms with Gasteiger partial charge in [0.25, 0.3) is 0 Å². The largest absolute Gasteiger partial charge is 0.459 e. The van der Waals surface area contributed by atoms with Gasteiger partial charge in [0.1, 0.15) is 30.8 Å². The van der Waals surface area contributed by atoms with Gasteiger partial charge in [0.05, 0.1) is 0 Å². The van der Waals surface area contributed by atoms with E-state index in [2.05, 4.69) is 10.6 Å². The summed E-state index contributed by atoms with van der Waals surface area (Å²) >= 11 is 0. The second kappa shape index (κ2) is 13.8. The average molecular weight is 572 g/mol. The number of amides is 3. The van der Waals surface area contributed by atoms with Crippen LogP contribution in [0, 0.1) is 0 Å². The van der Waals surface area contributed by atoms with Crippen molar-refractivity contribution in [2.24, 2.45) is 0 Å². The van der Waals surface area contributed by atoms with Gasteiger partial charge in [0.15, 0.2) is 0 Å². The van der Waals surface area contributed by atoms with Crippen molar-refractivity contribution in [2.45, 2.75) is 64.3 Å². The van der Waals surface area contributed by atoms with Gasteiger partial charge in [-0.3, -0.25) is 19.3 Å². The van der Waals surface area contributed by atoms with Crippen molar-refractivity contribution >= 4 is 29.6 Å². The number of nitrogens with one attached hydrogen (secondary N) is 2. The van der Waals surface area contributed by atoms with Gasteiger partial charge in [-0.15, -0.1) is 0 Å². The van der Waals surface area contributed by atoms with E-state index in [4.69, 9.17) is 9.47 Å². The zero-order valence-electron chi connectivity index (χ0n) is 24.2. The zero-order valence-corrected chi connectivity index (χ0v) is 24.2. The Morgan fingerprint density at radius 1 is 0.905 bits per heavy atom. The quantitative estimate of drug-likeness (QED) is 0.370. The highest BCUT2D eigenvalue weighted by atomic mass is 16.6. The standard InChI is InChI=1S/C33H37N3O6/c1-33(2,3)42-29(37)21-36-28-17-11-10-16-25(28)18-19-26(31(36)39)34-30(38)27(20-23-12-6-4-7-13-23)35-32(40)41-22-24-14-8-5-9-15-24/h4-17,26-27H,18-22H2,1-3H3,(H,34,38)(H,35,40)/t26-,27-/m0/s1. The maximum Gasteiger partial charge on any atom is 0.408 e. The smallest absolute Gasteiger partial charge is 0.408 e. The molecule has 0 aliphatic carbocycles. The summed E-state index contributed by atoms with van der Waals surface area (Å²) in [6.07, 6.45) is 0.271. The van der Waals surface area contributed by atoms with Crippen LogP contribution in [0.3, 0.4) is 0 Å². The van der Waals surface area contributed by atoms with E-state index < -0.39 is 41.6 Å². The number of aryl methyl sites for hydroxylation is 1. The topological polar surface area (TPSA) is 114 Å². The molecule has 1 aliphatic heterocycles. The summed E-state index contributed by atoms with van der Waals surface area (Å²) in [6, 6.07) is 23.9. The highest BCUT2D eigenvalue weighted by Crippen LogP contribution is 2.27. The maximum atomic E-state index is 13.8. The van der Waals surface area contributed by atoms with Gasteiger partial charge in [-0.2, -0.15) is 0 Å². The highest BCUT2D eigenvalue weighted by molar-refractivity contribution is 6.04. The maximum absolute atomic E-state index is 13.8. The van der Waals surface area contributed by atoms with Crippen LogP contribution in [0.2, 0.25) is 0 Å². The van der Waals surface area contributed by atoms with Crippen molar-refractivity contribution < 1.29 is 28.7 Å². The Hall–Kier alpha value is -4.66. The Kier molecular flexibility index (Phi) is 9.96. The molecular weight excluding hydrogens is 534 g/mol. The second-order valence-corrected chi connectivity index (χ2v) is 11.2. The Morgan fingerprint density at radius 2 is 1.52 bits per heavy atom. The number of esters is 1. The van der Waals surface area contributed by atoms with Crippen LogP contribution in [0.4, 0.5) is 10.5 Å². The third kappa shape index (κ3) is 8.67. The molecule has 0 bridgehead atoms. The summed E-state index contributed by atoms with van der Waals surface area (Å²) in [7, 11) is 0. The Labute approximate surface area is 246 Å². The van der Waals surface area contributed by atoms with Gasteiger partial charge < -0.3 is 20.1 Å². The molecule has 1 heterocycles. The van der Waals surface area contributed by atoms with Gasteiger partial charge in [-0.05, 0) is 56.4 Å². The van der Waals surface area contributed by atoms with Gasteiger partial charge in [0.2, 0.25) is 11.8 Å². The van der Waals surface area contributed by atoms with E-state index in [1.807, 2.05) is 72.8 Å². The first-order chi connectivity index (χ1) is 20.1. The van der Waals surface area contributed by atoms with Crippen LogP contribution in [0.1, 0.15) is 43.9 Å². The van der Waals surface area contributed by atoms with E-state index in [1.54, 1.807) is 32.9 Å². The number of fused-ring (bicyclic) bond motifs is 1. The lowest BCUT2D eigenvalue weighted by atomic mass is 10.0. The molecule has 42 heavy (non-hydrogen) atoms. The van der Waals surface area contributed by atoms with Crippen molar-refractivity contribution in [2.75, 3.05) is 11.4 Å². The molecule has 3 amide bonds. The van der Waals surface area contributed by atoms with Gasteiger partial charge >= 0.3 is 12.1 Å². The van der Waals surface area contributed by atoms with E-state index in [0.29, 0.717) is 18.5 Å². The summed E-state index contributed by atoms with van der Waals surface area (Å²) in [6.45, 7) is 5.03. The summed E-state index contributed by atoms with van der Waals surface area (Å²) in [5, 5.41) is 5.51. The summed E-state index contributed by atoms with van der Waals surface area (Å²) in [4.78, 5) is 54.3. The Balaban J connectivity index is 1.50. The predicted molar refractivity (Wildman–Crippen MR) is 159 cm³/mol. The molecule has 0 spiro atoms. The molecule has 0 aromatic heterocycles. The molecule has 0 fully saturated rings. The number of benzene rings is 3. The number of anilines is 1. The second-order valence-electron chi connectivity index (χ2n) is 11.2. The minimum atomic E-state index is -1.01. The number of rotatable bonds is 9. The summed E-state index contributed by atoms with van der Waals surface area (Å²) in [5.74, 6) is -1.51. The van der Waals surface area contributed by atoms with Crippen LogP contribution >= 0.6 is 0 Å².